The van der Waals surface area contributed by atoms with Gasteiger partial charge in [-0.3, -0.25) is 0 Å². The molecule has 1 aromatic heterocycles. The molecule has 0 atom stereocenters. The number of pyridine rings is 1. The molecule has 1 heterocycles. The van der Waals surface area contributed by atoms with Gasteiger partial charge in [-0.1, -0.05) is 72.3 Å². The first-order valence-electron chi connectivity index (χ1n) is 9.30. The Labute approximate surface area is 174 Å². The van der Waals surface area contributed by atoms with Crippen molar-refractivity contribution in [2.24, 2.45) is 0 Å². The van der Waals surface area contributed by atoms with Crippen LogP contribution in [0.1, 0.15) is 22.6 Å². The van der Waals surface area contributed by atoms with Gasteiger partial charge in [-0.2, -0.15) is 0 Å². The summed E-state index contributed by atoms with van der Waals surface area (Å²) in [5.74, 6) is 0.424. The molecule has 5 nitrogen and oxygen atoms in total. The molecule has 3 N–H and O–H groups in total. The van der Waals surface area contributed by atoms with Crippen LogP contribution in [-0.4, -0.2) is 24.2 Å². The highest BCUT2D eigenvalue weighted by atomic mass is 35.5. The smallest absolute Gasteiger partial charge is 0.407 e. The molecule has 29 heavy (non-hydrogen) atoms. The van der Waals surface area contributed by atoms with Crippen molar-refractivity contribution in [1.82, 2.24) is 10.3 Å². The summed E-state index contributed by atoms with van der Waals surface area (Å²) in [4.78, 5) is 16.1. The summed E-state index contributed by atoms with van der Waals surface area (Å²) in [6.45, 7) is 0.595. The molecular formula is C23H20ClN3O2. The Balaban J connectivity index is 1.34. The minimum Gasteiger partial charge on any atom is -0.449 e. The van der Waals surface area contributed by atoms with Crippen molar-refractivity contribution in [3.63, 3.8) is 0 Å². The number of aromatic nitrogens is 1. The molecule has 0 aliphatic heterocycles. The zero-order valence-electron chi connectivity index (χ0n) is 15.6. The Morgan fingerprint density at radius 3 is 2.48 bits per heavy atom. The van der Waals surface area contributed by atoms with Crippen molar-refractivity contribution in [1.29, 1.82) is 0 Å². The average Bonchev–Trinajstić information content (AvgIpc) is 3.06. The number of ether oxygens (including phenoxy) is 1. The fourth-order valence-corrected chi connectivity index (χ4v) is 3.74. The van der Waals surface area contributed by atoms with Gasteiger partial charge >= 0.3 is 6.09 Å². The lowest BCUT2D eigenvalue weighted by atomic mass is 9.98. The van der Waals surface area contributed by atoms with E-state index in [0.717, 1.165) is 0 Å². The van der Waals surface area contributed by atoms with Crippen molar-refractivity contribution in [3.05, 3.63) is 88.6 Å². The fourth-order valence-electron chi connectivity index (χ4n) is 3.58. The van der Waals surface area contributed by atoms with Gasteiger partial charge in [0.25, 0.3) is 0 Å². The van der Waals surface area contributed by atoms with Gasteiger partial charge in [-0.05, 0) is 28.3 Å². The number of fused-ring (bicyclic) bond motifs is 3. The summed E-state index contributed by atoms with van der Waals surface area (Å²) in [5.41, 5.74) is 11.3. The number of carbonyl (C=O) groups is 1. The van der Waals surface area contributed by atoms with E-state index in [1.165, 1.54) is 28.5 Å². The van der Waals surface area contributed by atoms with Gasteiger partial charge in [-0.25, -0.2) is 9.78 Å². The van der Waals surface area contributed by atoms with Gasteiger partial charge in [0.05, 0.1) is 5.02 Å². The molecule has 1 aliphatic rings. The standard InChI is InChI=1S/C23H20ClN3O2/c24-16-12-15(22(25)27-13-16)6-5-11-26-23(28)29-14-21-19-9-3-1-7-17(19)18-8-2-4-10-20(18)21/h1-10,12-13,21H,11,14H2,(H2,25,27)(H,26,28). The maximum Gasteiger partial charge on any atom is 0.407 e. The van der Waals surface area contributed by atoms with Gasteiger partial charge in [0.1, 0.15) is 12.4 Å². The van der Waals surface area contributed by atoms with Gasteiger partial charge in [0.15, 0.2) is 0 Å². The van der Waals surface area contributed by atoms with Crippen LogP contribution in [0.3, 0.4) is 0 Å². The topological polar surface area (TPSA) is 77.2 Å². The molecule has 6 heteroatoms. The van der Waals surface area contributed by atoms with E-state index in [4.69, 9.17) is 22.1 Å². The number of nitrogen functional groups attached to an aromatic ring is 1. The highest BCUT2D eigenvalue weighted by molar-refractivity contribution is 6.30. The normalized spacial score (nSPS) is 12.6. The second-order valence-corrected chi connectivity index (χ2v) is 7.17. The first-order chi connectivity index (χ1) is 14.1. The first kappa shape index (κ1) is 19.0. The molecule has 0 spiro atoms. The van der Waals surface area contributed by atoms with Gasteiger partial charge in [0, 0.05) is 24.2 Å². The number of nitrogens with one attached hydrogen (secondary N) is 1. The molecule has 0 bridgehead atoms. The summed E-state index contributed by atoms with van der Waals surface area (Å²) in [6.07, 6.45) is 4.56. The van der Waals surface area contributed by atoms with Gasteiger partial charge in [0.2, 0.25) is 0 Å². The molecule has 1 amide bonds. The molecule has 0 saturated heterocycles. The number of hydrogen-bond donors (Lipinski definition) is 2. The van der Waals surface area contributed by atoms with Crippen molar-refractivity contribution in [3.8, 4) is 11.1 Å². The molecular weight excluding hydrogens is 386 g/mol. The zero-order chi connectivity index (χ0) is 20.2. The Morgan fingerprint density at radius 1 is 1.14 bits per heavy atom. The van der Waals surface area contributed by atoms with E-state index in [0.29, 0.717) is 22.9 Å². The van der Waals surface area contributed by atoms with E-state index in [2.05, 4.69) is 34.6 Å². The predicted octanol–water partition coefficient (Wildman–Crippen LogP) is 4.87. The Hall–Kier alpha value is -3.31. The molecule has 0 saturated carbocycles. The van der Waals surface area contributed by atoms with E-state index in [-0.39, 0.29) is 12.5 Å². The second-order valence-electron chi connectivity index (χ2n) is 6.74. The Bertz CT molecular complexity index is 1040. The van der Waals surface area contributed by atoms with Crippen LogP contribution in [-0.2, 0) is 4.74 Å². The van der Waals surface area contributed by atoms with E-state index in [1.54, 1.807) is 18.2 Å². The Kier molecular flexibility index (Phi) is 5.49. The lowest BCUT2D eigenvalue weighted by Gasteiger charge is -2.14. The largest absolute Gasteiger partial charge is 0.449 e. The first-order valence-corrected chi connectivity index (χ1v) is 9.67. The summed E-state index contributed by atoms with van der Waals surface area (Å²) in [6, 6.07) is 18.2. The summed E-state index contributed by atoms with van der Waals surface area (Å²) in [5, 5.41) is 3.22. The van der Waals surface area contributed by atoms with Crippen LogP contribution in [0, 0.1) is 0 Å². The number of hydrogen-bond acceptors (Lipinski definition) is 4. The highest BCUT2D eigenvalue weighted by Gasteiger charge is 2.28. The number of nitrogens with two attached hydrogens (primary N) is 1. The quantitative estimate of drug-likeness (QED) is 0.634. The van der Waals surface area contributed by atoms with E-state index in [1.807, 2.05) is 24.3 Å². The maximum absolute atomic E-state index is 12.1. The maximum atomic E-state index is 12.1. The SMILES string of the molecule is Nc1ncc(Cl)cc1C=CCNC(=O)OCC1c2ccccc2-c2ccccc21. The van der Waals surface area contributed by atoms with Gasteiger partial charge in [-0.15, -0.1) is 0 Å². The van der Waals surface area contributed by atoms with E-state index in [9.17, 15) is 4.79 Å². The summed E-state index contributed by atoms with van der Waals surface area (Å²) < 4.78 is 5.49. The third kappa shape index (κ3) is 4.10. The van der Waals surface area contributed by atoms with Crippen LogP contribution in [0.5, 0.6) is 0 Å². The minimum absolute atomic E-state index is 0.0426. The number of amides is 1. The molecule has 3 aromatic rings. The monoisotopic (exact) mass is 405 g/mol. The minimum atomic E-state index is -0.464. The molecule has 146 valence electrons. The van der Waals surface area contributed by atoms with E-state index >= 15 is 0 Å². The number of carbonyl (C=O) groups excluding carboxylic acids is 1. The number of halogens is 1. The van der Waals surface area contributed by atoms with Crippen LogP contribution in [0.25, 0.3) is 17.2 Å². The molecule has 2 aromatic carbocycles. The second kappa shape index (κ2) is 8.37. The summed E-state index contributed by atoms with van der Waals surface area (Å²) >= 11 is 5.91. The molecule has 0 fully saturated rings. The number of nitrogens with zero attached hydrogens (tertiary/aromatic N) is 1. The number of benzene rings is 2. The van der Waals surface area contributed by atoms with Crippen molar-refractivity contribution in [2.75, 3.05) is 18.9 Å². The molecule has 1 aliphatic carbocycles. The lowest BCUT2D eigenvalue weighted by molar-refractivity contribution is 0.144. The van der Waals surface area contributed by atoms with Crippen LogP contribution >= 0.6 is 11.6 Å². The number of alkyl carbamates (subject to hydrolysis) is 1. The van der Waals surface area contributed by atoms with E-state index < -0.39 is 6.09 Å². The molecule has 0 unspecified atom stereocenters. The molecule has 0 radical (unpaired) electrons. The fraction of sp³-hybridized carbons (Fsp3) is 0.130. The van der Waals surface area contributed by atoms with Crippen molar-refractivity contribution in [2.45, 2.75) is 5.92 Å². The van der Waals surface area contributed by atoms with Crippen LogP contribution < -0.4 is 11.1 Å². The lowest BCUT2D eigenvalue weighted by Crippen LogP contribution is -2.26. The molecule has 4 rings (SSSR count). The highest BCUT2D eigenvalue weighted by Crippen LogP contribution is 2.44. The number of anilines is 1. The zero-order valence-corrected chi connectivity index (χ0v) is 16.4. The van der Waals surface area contributed by atoms with Gasteiger partial charge < -0.3 is 15.8 Å². The van der Waals surface area contributed by atoms with Crippen LogP contribution in [0.2, 0.25) is 5.02 Å². The Morgan fingerprint density at radius 2 is 1.79 bits per heavy atom. The average molecular weight is 406 g/mol. The third-order valence-corrected chi connectivity index (χ3v) is 5.13. The van der Waals surface area contributed by atoms with Crippen LogP contribution in [0.15, 0.2) is 66.9 Å². The summed E-state index contributed by atoms with van der Waals surface area (Å²) in [7, 11) is 0. The van der Waals surface area contributed by atoms with Crippen LogP contribution in [0.4, 0.5) is 10.6 Å². The van der Waals surface area contributed by atoms with Crippen molar-refractivity contribution < 1.29 is 9.53 Å². The number of rotatable bonds is 5. The predicted molar refractivity (Wildman–Crippen MR) is 116 cm³/mol. The third-order valence-electron chi connectivity index (χ3n) is 4.92. The van der Waals surface area contributed by atoms with Crippen molar-refractivity contribution >= 4 is 29.6 Å².